The number of amides is 2. The lowest BCUT2D eigenvalue weighted by Gasteiger charge is -2.38. The van der Waals surface area contributed by atoms with Crippen LogP contribution in [0.3, 0.4) is 0 Å². The number of hydrogen-bond acceptors (Lipinski definition) is 2. The topological polar surface area (TPSA) is 45.6 Å². The van der Waals surface area contributed by atoms with Crippen molar-refractivity contribution in [3.63, 3.8) is 0 Å². The fraction of sp³-hybridized carbons (Fsp3) is 0.333. The minimum Gasteiger partial charge on any atom is -0.348 e. The maximum Gasteiger partial charge on any atom is 0.254 e. The van der Waals surface area contributed by atoms with Crippen LogP contribution in [0.25, 0.3) is 0 Å². The number of benzene rings is 2. The monoisotopic (exact) mass is 447 g/mol. The standard InChI is InChI=1S/C27H30FN3O2/c1-19(2)17-30(27(33)21-12-10-20(3)11-13-21)18-25(32)31-16-15-29-14-6-9-24(29)26(31)22-7-4-5-8-23(22)28/h4-14,19,26H,15-18H2,1-3H3/t26-/m1/s1. The molecule has 3 aromatic rings. The van der Waals surface area contributed by atoms with E-state index in [0.29, 0.717) is 30.8 Å². The average molecular weight is 448 g/mol. The molecule has 1 aliphatic rings. The summed E-state index contributed by atoms with van der Waals surface area (Å²) in [6.45, 7) is 7.52. The molecular weight excluding hydrogens is 417 g/mol. The highest BCUT2D eigenvalue weighted by Gasteiger charge is 2.35. The highest BCUT2D eigenvalue weighted by atomic mass is 19.1. The van der Waals surface area contributed by atoms with Gasteiger partial charge in [-0.2, -0.15) is 0 Å². The van der Waals surface area contributed by atoms with Gasteiger partial charge in [0.2, 0.25) is 5.91 Å². The van der Waals surface area contributed by atoms with E-state index >= 15 is 0 Å². The Morgan fingerprint density at radius 1 is 1.03 bits per heavy atom. The number of rotatable bonds is 6. The summed E-state index contributed by atoms with van der Waals surface area (Å²) in [5.74, 6) is -0.491. The lowest BCUT2D eigenvalue weighted by atomic mass is 9.99. The van der Waals surface area contributed by atoms with E-state index < -0.39 is 6.04 Å². The first-order valence-electron chi connectivity index (χ1n) is 11.4. The SMILES string of the molecule is Cc1ccc(C(=O)N(CC(=O)N2CCn3cccc3[C@H]2c2ccccc2F)CC(C)C)cc1. The van der Waals surface area contributed by atoms with Crippen LogP contribution in [0.1, 0.15) is 47.1 Å². The molecule has 0 fully saturated rings. The summed E-state index contributed by atoms with van der Waals surface area (Å²) in [5.41, 5.74) is 2.97. The van der Waals surface area contributed by atoms with Crippen molar-refractivity contribution >= 4 is 11.8 Å². The second-order valence-corrected chi connectivity index (χ2v) is 9.08. The minimum atomic E-state index is -0.530. The maximum absolute atomic E-state index is 14.8. The van der Waals surface area contributed by atoms with Gasteiger partial charge in [0.25, 0.3) is 5.91 Å². The molecule has 172 valence electrons. The van der Waals surface area contributed by atoms with E-state index in [9.17, 15) is 14.0 Å². The first kappa shape index (κ1) is 22.8. The molecule has 2 heterocycles. The number of carbonyl (C=O) groups is 2. The molecule has 5 nitrogen and oxygen atoms in total. The summed E-state index contributed by atoms with van der Waals surface area (Å²) in [6, 6.07) is 17.3. The van der Waals surface area contributed by atoms with Crippen molar-refractivity contribution in [2.24, 2.45) is 5.92 Å². The molecule has 0 bridgehead atoms. The van der Waals surface area contributed by atoms with E-state index in [4.69, 9.17) is 0 Å². The maximum atomic E-state index is 14.8. The van der Waals surface area contributed by atoms with Crippen molar-refractivity contribution in [3.8, 4) is 0 Å². The molecule has 0 N–H and O–H groups in total. The number of aryl methyl sites for hydroxylation is 1. The number of aromatic nitrogens is 1. The Balaban J connectivity index is 1.63. The van der Waals surface area contributed by atoms with Crippen molar-refractivity contribution in [3.05, 3.63) is 95.1 Å². The van der Waals surface area contributed by atoms with Crippen LogP contribution in [0.5, 0.6) is 0 Å². The highest BCUT2D eigenvalue weighted by Crippen LogP contribution is 2.34. The summed E-state index contributed by atoms with van der Waals surface area (Å²) in [4.78, 5) is 30.2. The molecule has 1 atom stereocenters. The summed E-state index contributed by atoms with van der Waals surface area (Å²) in [7, 11) is 0. The van der Waals surface area contributed by atoms with E-state index in [1.54, 1.807) is 40.1 Å². The minimum absolute atomic E-state index is 0.0451. The molecule has 0 spiro atoms. The van der Waals surface area contributed by atoms with E-state index in [-0.39, 0.29) is 30.1 Å². The van der Waals surface area contributed by atoms with Crippen molar-refractivity contribution in [2.45, 2.75) is 33.4 Å². The quantitative estimate of drug-likeness (QED) is 0.552. The second kappa shape index (κ2) is 9.61. The third kappa shape index (κ3) is 4.85. The fourth-order valence-electron chi connectivity index (χ4n) is 4.47. The number of fused-ring (bicyclic) bond motifs is 1. The number of nitrogens with zero attached hydrogens (tertiary/aromatic N) is 3. The molecule has 2 aromatic carbocycles. The van der Waals surface area contributed by atoms with Crippen LogP contribution in [-0.4, -0.2) is 45.8 Å². The molecular formula is C27H30FN3O2. The van der Waals surface area contributed by atoms with Gasteiger partial charge in [0.1, 0.15) is 18.4 Å². The average Bonchev–Trinajstić information content (AvgIpc) is 3.27. The summed E-state index contributed by atoms with van der Waals surface area (Å²) >= 11 is 0. The molecule has 0 aliphatic carbocycles. The Bertz CT molecular complexity index is 1140. The lowest BCUT2D eigenvalue weighted by Crippen LogP contribution is -2.48. The Labute approximate surface area is 194 Å². The molecule has 6 heteroatoms. The molecule has 0 saturated heterocycles. The van der Waals surface area contributed by atoms with E-state index in [1.807, 2.05) is 51.2 Å². The molecule has 4 rings (SSSR count). The largest absolute Gasteiger partial charge is 0.348 e. The number of hydrogen-bond donors (Lipinski definition) is 0. The van der Waals surface area contributed by atoms with Crippen molar-refractivity contribution < 1.29 is 14.0 Å². The van der Waals surface area contributed by atoms with Gasteiger partial charge in [-0.05, 0) is 43.2 Å². The normalized spacial score (nSPS) is 15.4. The van der Waals surface area contributed by atoms with Gasteiger partial charge in [-0.1, -0.05) is 49.7 Å². The van der Waals surface area contributed by atoms with Crippen LogP contribution in [0.4, 0.5) is 4.39 Å². The Hall–Kier alpha value is -3.41. The number of carbonyl (C=O) groups excluding carboxylic acids is 2. The van der Waals surface area contributed by atoms with Crippen molar-refractivity contribution in [1.29, 1.82) is 0 Å². The molecule has 1 aromatic heterocycles. The van der Waals surface area contributed by atoms with E-state index in [1.165, 1.54) is 6.07 Å². The Kier molecular flexibility index (Phi) is 6.63. The summed E-state index contributed by atoms with van der Waals surface area (Å²) < 4.78 is 16.9. The van der Waals surface area contributed by atoms with Crippen LogP contribution in [0.2, 0.25) is 0 Å². The molecule has 0 radical (unpaired) electrons. The predicted molar refractivity (Wildman–Crippen MR) is 126 cm³/mol. The van der Waals surface area contributed by atoms with Gasteiger partial charge < -0.3 is 14.4 Å². The molecule has 0 saturated carbocycles. The molecule has 2 amide bonds. The fourth-order valence-corrected chi connectivity index (χ4v) is 4.47. The van der Waals surface area contributed by atoms with Gasteiger partial charge in [0.05, 0.1) is 0 Å². The van der Waals surface area contributed by atoms with Gasteiger partial charge in [0.15, 0.2) is 0 Å². The molecule has 0 unspecified atom stereocenters. The van der Waals surface area contributed by atoms with E-state index in [0.717, 1.165) is 11.3 Å². The molecule has 1 aliphatic heterocycles. The zero-order valence-corrected chi connectivity index (χ0v) is 19.4. The van der Waals surface area contributed by atoms with Crippen LogP contribution in [0, 0.1) is 18.7 Å². The third-order valence-electron chi connectivity index (χ3n) is 6.06. The van der Waals surface area contributed by atoms with Gasteiger partial charge in [-0.3, -0.25) is 9.59 Å². The zero-order valence-electron chi connectivity index (χ0n) is 19.4. The van der Waals surface area contributed by atoms with E-state index in [2.05, 4.69) is 4.57 Å². The first-order valence-corrected chi connectivity index (χ1v) is 11.4. The summed E-state index contributed by atoms with van der Waals surface area (Å²) in [5, 5.41) is 0. The lowest BCUT2D eigenvalue weighted by molar-refractivity contribution is -0.134. The Morgan fingerprint density at radius 3 is 2.45 bits per heavy atom. The molecule has 33 heavy (non-hydrogen) atoms. The van der Waals surface area contributed by atoms with Gasteiger partial charge in [0, 0.05) is 42.7 Å². The smallest absolute Gasteiger partial charge is 0.254 e. The summed E-state index contributed by atoms with van der Waals surface area (Å²) in [6.07, 6.45) is 1.96. The van der Waals surface area contributed by atoms with Crippen LogP contribution in [0.15, 0.2) is 66.9 Å². The van der Waals surface area contributed by atoms with Gasteiger partial charge in [-0.15, -0.1) is 0 Å². The first-order chi connectivity index (χ1) is 15.8. The number of halogens is 1. The van der Waals surface area contributed by atoms with Gasteiger partial charge in [-0.25, -0.2) is 4.39 Å². The zero-order chi connectivity index (χ0) is 23.5. The Morgan fingerprint density at radius 2 is 1.76 bits per heavy atom. The van der Waals surface area contributed by atoms with Crippen molar-refractivity contribution in [1.82, 2.24) is 14.4 Å². The highest BCUT2D eigenvalue weighted by molar-refractivity contribution is 5.96. The van der Waals surface area contributed by atoms with Crippen LogP contribution >= 0.6 is 0 Å². The van der Waals surface area contributed by atoms with Crippen molar-refractivity contribution in [2.75, 3.05) is 19.6 Å². The van der Waals surface area contributed by atoms with Gasteiger partial charge >= 0.3 is 0 Å². The second-order valence-electron chi connectivity index (χ2n) is 9.08. The third-order valence-corrected chi connectivity index (χ3v) is 6.06. The van der Waals surface area contributed by atoms with Crippen LogP contribution in [-0.2, 0) is 11.3 Å². The predicted octanol–water partition coefficient (Wildman–Crippen LogP) is 4.67. The van der Waals surface area contributed by atoms with Crippen LogP contribution < -0.4 is 0 Å².